The molecule has 0 unspecified atom stereocenters. The van der Waals surface area contributed by atoms with Crippen LogP contribution >= 0.6 is 22.6 Å². The van der Waals surface area contributed by atoms with Gasteiger partial charge in [-0.3, -0.25) is 4.79 Å². The molecule has 1 aliphatic rings. The topological polar surface area (TPSA) is 46.3 Å². The van der Waals surface area contributed by atoms with Crippen molar-refractivity contribution in [3.63, 3.8) is 0 Å². The third kappa shape index (κ3) is 2.52. The second kappa shape index (κ2) is 5.44. The number of benzene rings is 2. The lowest BCUT2D eigenvalue weighted by Gasteiger charge is -2.29. The Morgan fingerprint density at radius 3 is 2.65 bits per heavy atom. The summed E-state index contributed by atoms with van der Waals surface area (Å²) in [5.41, 5.74) is 9.93. The first-order chi connectivity index (χ1) is 9.65. The molecule has 1 amide bonds. The number of hydrogen-bond donors (Lipinski definition) is 1. The largest absolute Gasteiger partial charge is 0.398 e. The Kier molecular flexibility index (Phi) is 3.65. The maximum absolute atomic E-state index is 12.5. The number of anilines is 1. The summed E-state index contributed by atoms with van der Waals surface area (Å²) >= 11 is 2.24. The molecule has 1 aliphatic heterocycles. The Morgan fingerprint density at radius 1 is 1.15 bits per heavy atom. The van der Waals surface area contributed by atoms with Gasteiger partial charge in [0.2, 0.25) is 0 Å². The van der Waals surface area contributed by atoms with Gasteiger partial charge in [0, 0.05) is 27.9 Å². The molecule has 0 saturated heterocycles. The molecular formula is C16H15IN2O. The van der Waals surface area contributed by atoms with Crippen molar-refractivity contribution in [3.05, 3.63) is 62.7 Å². The highest BCUT2D eigenvalue weighted by atomic mass is 127. The number of nitrogens with two attached hydrogens (primary N) is 1. The van der Waals surface area contributed by atoms with Gasteiger partial charge in [-0.2, -0.15) is 0 Å². The molecule has 3 rings (SSSR count). The van der Waals surface area contributed by atoms with Crippen molar-refractivity contribution in [2.75, 3.05) is 12.3 Å². The Morgan fingerprint density at radius 2 is 1.90 bits per heavy atom. The molecule has 0 aromatic heterocycles. The zero-order valence-corrected chi connectivity index (χ0v) is 13.1. The number of halogens is 1. The molecule has 3 nitrogen and oxygen atoms in total. The Hall–Kier alpha value is -1.56. The van der Waals surface area contributed by atoms with Gasteiger partial charge in [-0.05, 0) is 70.5 Å². The van der Waals surface area contributed by atoms with Crippen molar-refractivity contribution in [2.24, 2.45) is 0 Å². The number of nitrogen functional groups attached to an aromatic ring is 1. The average Bonchev–Trinajstić information content (AvgIpc) is 2.47. The highest BCUT2D eigenvalue weighted by molar-refractivity contribution is 14.1. The molecule has 0 atom stereocenters. The van der Waals surface area contributed by atoms with Crippen LogP contribution in [0.15, 0.2) is 42.5 Å². The highest BCUT2D eigenvalue weighted by Crippen LogP contribution is 2.25. The summed E-state index contributed by atoms with van der Waals surface area (Å²) in [5.74, 6) is 0.0921. The number of fused-ring (bicyclic) bond motifs is 1. The monoisotopic (exact) mass is 378 g/mol. The minimum Gasteiger partial charge on any atom is -0.398 e. The van der Waals surface area contributed by atoms with E-state index in [0.717, 1.165) is 33.4 Å². The lowest BCUT2D eigenvalue weighted by molar-refractivity contribution is 0.0735. The molecule has 0 aliphatic carbocycles. The summed E-state index contributed by atoms with van der Waals surface area (Å²) in [7, 11) is 0. The molecule has 0 bridgehead atoms. The zero-order chi connectivity index (χ0) is 14.1. The SMILES string of the molecule is Nc1cccc2c1CCN(C(=O)c1ccc(I)cc1)C2. The summed E-state index contributed by atoms with van der Waals surface area (Å²) in [6.45, 7) is 1.37. The third-order valence-corrected chi connectivity index (χ3v) is 4.40. The van der Waals surface area contributed by atoms with Gasteiger partial charge < -0.3 is 10.6 Å². The quantitative estimate of drug-likeness (QED) is 0.613. The fraction of sp³-hybridized carbons (Fsp3) is 0.188. The lowest BCUT2D eigenvalue weighted by atomic mass is 9.97. The predicted octanol–water partition coefficient (Wildman–Crippen LogP) is 3.07. The van der Waals surface area contributed by atoms with Crippen LogP contribution in [0.5, 0.6) is 0 Å². The molecule has 0 radical (unpaired) electrons. The summed E-state index contributed by atoms with van der Waals surface area (Å²) in [5, 5.41) is 0. The van der Waals surface area contributed by atoms with Gasteiger partial charge in [-0.15, -0.1) is 0 Å². The van der Waals surface area contributed by atoms with E-state index in [1.165, 1.54) is 5.56 Å². The van der Waals surface area contributed by atoms with E-state index in [0.29, 0.717) is 6.54 Å². The van der Waals surface area contributed by atoms with E-state index in [4.69, 9.17) is 5.73 Å². The van der Waals surface area contributed by atoms with Crippen molar-refractivity contribution >= 4 is 34.2 Å². The first kappa shape index (κ1) is 13.4. The first-order valence-electron chi connectivity index (χ1n) is 6.56. The number of rotatable bonds is 1. The molecule has 2 aromatic carbocycles. The van der Waals surface area contributed by atoms with Gasteiger partial charge in [0.05, 0.1) is 0 Å². The lowest BCUT2D eigenvalue weighted by Crippen LogP contribution is -2.36. The van der Waals surface area contributed by atoms with E-state index >= 15 is 0 Å². The normalized spacial score (nSPS) is 13.9. The maximum atomic E-state index is 12.5. The smallest absolute Gasteiger partial charge is 0.254 e. The van der Waals surface area contributed by atoms with Crippen LogP contribution in [-0.4, -0.2) is 17.4 Å². The maximum Gasteiger partial charge on any atom is 0.254 e. The van der Waals surface area contributed by atoms with E-state index < -0.39 is 0 Å². The average molecular weight is 378 g/mol. The van der Waals surface area contributed by atoms with Crippen molar-refractivity contribution < 1.29 is 4.79 Å². The van der Waals surface area contributed by atoms with Crippen LogP contribution < -0.4 is 5.73 Å². The number of carbonyl (C=O) groups excluding carboxylic acids is 1. The fourth-order valence-corrected chi connectivity index (χ4v) is 2.95. The van der Waals surface area contributed by atoms with Gasteiger partial charge in [0.15, 0.2) is 0 Å². The molecule has 0 spiro atoms. The molecule has 4 heteroatoms. The van der Waals surface area contributed by atoms with E-state index in [-0.39, 0.29) is 5.91 Å². The standard InChI is InChI=1S/C16H15IN2O/c17-13-6-4-11(5-7-13)16(20)19-9-8-14-12(10-19)2-1-3-15(14)18/h1-7H,8-10,18H2. The van der Waals surface area contributed by atoms with Crippen LogP contribution in [0.1, 0.15) is 21.5 Å². The van der Waals surface area contributed by atoms with Crippen molar-refractivity contribution in [2.45, 2.75) is 13.0 Å². The zero-order valence-electron chi connectivity index (χ0n) is 11.0. The van der Waals surface area contributed by atoms with Crippen LogP contribution in [0, 0.1) is 3.57 Å². The van der Waals surface area contributed by atoms with Gasteiger partial charge >= 0.3 is 0 Å². The molecule has 2 aromatic rings. The van der Waals surface area contributed by atoms with Crippen molar-refractivity contribution in [3.8, 4) is 0 Å². The van der Waals surface area contributed by atoms with Crippen LogP contribution in [0.3, 0.4) is 0 Å². The van der Waals surface area contributed by atoms with Crippen molar-refractivity contribution in [1.82, 2.24) is 4.90 Å². The van der Waals surface area contributed by atoms with Gasteiger partial charge in [-0.1, -0.05) is 12.1 Å². The Balaban J connectivity index is 1.83. The summed E-state index contributed by atoms with van der Waals surface area (Å²) in [4.78, 5) is 14.4. The minimum absolute atomic E-state index is 0.0921. The summed E-state index contributed by atoms with van der Waals surface area (Å²) in [6, 6.07) is 13.6. The number of hydrogen-bond acceptors (Lipinski definition) is 2. The Bertz CT molecular complexity index is 652. The summed E-state index contributed by atoms with van der Waals surface area (Å²) < 4.78 is 1.14. The van der Waals surface area contributed by atoms with Gasteiger partial charge in [0.25, 0.3) is 5.91 Å². The van der Waals surface area contributed by atoms with E-state index in [1.807, 2.05) is 41.3 Å². The van der Waals surface area contributed by atoms with Gasteiger partial charge in [-0.25, -0.2) is 0 Å². The van der Waals surface area contributed by atoms with Gasteiger partial charge in [0.1, 0.15) is 0 Å². The molecular weight excluding hydrogens is 363 g/mol. The van der Waals surface area contributed by atoms with E-state index in [2.05, 4.69) is 28.7 Å². The second-order valence-electron chi connectivity index (χ2n) is 4.97. The molecule has 0 fully saturated rings. The molecule has 102 valence electrons. The number of amides is 1. The molecule has 2 N–H and O–H groups in total. The predicted molar refractivity (Wildman–Crippen MR) is 88.5 cm³/mol. The van der Waals surface area contributed by atoms with Crippen LogP contribution in [-0.2, 0) is 13.0 Å². The van der Waals surface area contributed by atoms with E-state index in [1.54, 1.807) is 0 Å². The fourth-order valence-electron chi connectivity index (χ4n) is 2.59. The van der Waals surface area contributed by atoms with Crippen LogP contribution in [0.2, 0.25) is 0 Å². The van der Waals surface area contributed by atoms with Crippen LogP contribution in [0.4, 0.5) is 5.69 Å². The minimum atomic E-state index is 0.0921. The second-order valence-corrected chi connectivity index (χ2v) is 6.21. The van der Waals surface area contributed by atoms with E-state index in [9.17, 15) is 4.79 Å². The number of nitrogens with zero attached hydrogens (tertiary/aromatic N) is 1. The first-order valence-corrected chi connectivity index (χ1v) is 7.64. The highest BCUT2D eigenvalue weighted by Gasteiger charge is 2.22. The summed E-state index contributed by atoms with van der Waals surface area (Å²) in [6.07, 6.45) is 0.831. The molecule has 20 heavy (non-hydrogen) atoms. The number of carbonyl (C=O) groups is 1. The van der Waals surface area contributed by atoms with Crippen LogP contribution in [0.25, 0.3) is 0 Å². The molecule has 0 saturated carbocycles. The third-order valence-electron chi connectivity index (χ3n) is 3.68. The Labute approximate surface area is 131 Å². The van der Waals surface area contributed by atoms with Crippen molar-refractivity contribution in [1.29, 1.82) is 0 Å². The molecule has 1 heterocycles.